The molecule has 0 aliphatic carbocycles. The van der Waals surface area contributed by atoms with Crippen molar-refractivity contribution in [3.8, 4) is 5.75 Å². The molecule has 1 aromatic carbocycles. The van der Waals surface area contributed by atoms with Crippen LogP contribution in [0.1, 0.15) is 26.7 Å². The van der Waals surface area contributed by atoms with E-state index in [-0.39, 0.29) is 17.8 Å². The highest BCUT2D eigenvalue weighted by Gasteiger charge is 2.32. The third-order valence-corrected chi connectivity index (χ3v) is 6.46. The zero-order valence-corrected chi connectivity index (χ0v) is 14.9. The Morgan fingerprint density at radius 1 is 1.39 bits per heavy atom. The molecule has 0 aromatic heterocycles. The zero-order chi connectivity index (χ0) is 17.0. The Balaban J connectivity index is 1.90. The topological polar surface area (TPSA) is 63.7 Å². The number of sulfone groups is 1. The number of halogens is 1. The van der Waals surface area contributed by atoms with Crippen molar-refractivity contribution < 1.29 is 17.9 Å². The molecule has 1 aromatic rings. The molecular weight excluding hydrogens is 338 g/mol. The van der Waals surface area contributed by atoms with Gasteiger partial charge in [-0.3, -0.25) is 4.79 Å². The van der Waals surface area contributed by atoms with Crippen LogP contribution < -0.4 is 4.74 Å². The smallest absolute Gasteiger partial charge is 0.240 e. The van der Waals surface area contributed by atoms with E-state index in [2.05, 4.69) is 0 Å². The summed E-state index contributed by atoms with van der Waals surface area (Å²) in [4.78, 5) is 13.9. The lowest BCUT2D eigenvalue weighted by molar-refractivity contribution is -0.132. The van der Waals surface area contributed by atoms with Crippen LogP contribution in [0.4, 0.5) is 0 Å². The highest BCUT2D eigenvalue weighted by Crippen LogP contribution is 2.22. The lowest BCUT2D eigenvalue weighted by atomic mass is 10.1. The molecule has 5 nitrogen and oxygen atoms in total. The van der Waals surface area contributed by atoms with E-state index in [0.717, 1.165) is 0 Å². The molecule has 0 radical (unpaired) electrons. The van der Waals surface area contributed by atoms with E-state index >= 15 is 0 Å². The molecule has 0 saturated carbocycles. The Morgan fingerprint density at radius 2 is 2.04 bits per heavy atom. The second-order valence-corrected chi connectivity index (χ2v) is 8.74. The highest BCUT2D eigenvalue weighted by atomic mass is 35.5. The number of amides is 1. The maximum atomic E-state index is 12.3. The molecule has 0 spiro atoms. The Kier molecular flexibility index (Phi) is 5.92. The van der Waals surface area contributed by atoms with E-state index in [1.165, 1.54) is 6.92 Å². The van der Waals surface area contributed by atoms with Gasteiger partial charge in [-0.25, -0.2) is 8.42 Å². The molecule has 1 atom stereocenters. The molecule has 7 heteroatoms. The van der Waals surface area contributed by atoms with Crippen molar-refractivity contribution in [1.29, 1.82) is 0 Å². The van der Waals surface area contributed by atoms with Crippen molar-refractivity contribution in [1.82, 2.24) is 4.90 Å². The third kappa shape index (κ3) is 4.61. The van der Waals surface area contributed by atoms with Gasteiger partial charge >= 0.3 is 0 Å². The van der Waals surface area contributed by atoms with Crippen molar-refractivity contribution in [2.75, 3.05) is 18.8 Å². The largest absolute Gasteiger partial charge is 0.490 e. The van der Waals surface area contributed by atoms with Gasteiger partial charge in [0.15, 0.2) is 9.84 Å². The van der Waals surface area contributed by atoms with Crippen LogP contribution in [0.5, 0.6) is 5.75 Å². The fraction of sp³-hybridized carbons (Fsp3) is 0.562. The first kappa shape index (κ1) is 18.1. The maximum absolute atomic E-state index is 12.3. The molecule has 23 heavy (non-hydrogen) atoms. The van der Waals surface area contributed by atoms with Crippen LogP contribution in [-0.4, -0.2) is 49.4 Å². The van der Waals surface area contributed by atoms with Crippen molar-refractivity contribution in [2.24, 2.45) is 0 Å². The van der Waals surface area contributed by atoms with Crippen LogP contribution in [0.25, 0.3) is 0 Å². The number of rotatable bonds is 5. The zero-order valence-electron chi connectivity index (χ0n) is 13.4. The van der Waals surface area contributed by atoms with Crippen LogP contribution in [0.2, 0.25) is 5.02 Å². The monoisotopic (exact) mass is 359 g/mol. The predicted octanol–water partition coefficient (Wildman–Crippen LogP) is 2.53. The molecule has 1 amide bonds. The van der Waals surface area contributed by atoms with E-state index in [0.29, 0.717) is 36.7 Å². The van der Waals surface area contributed by atoms with Crippen molar-refractivity contribution >= 4 is 27.3 Å². The van der Waals surface area contributed by atoms with Gasteiger partial charge in [0.2, 0.25) is 5.91 Å². The van der Waals surface area contributed by atoms with Gasteiger partial charge in [-0.05, 0) is 25.1 Å². The summed E-state index contributed by atoms with van der Waals surface area (Å²) >= 11 is 5.93. The molecule has 2 rings (SSSR count). The minimum atomic E-state index is -3.35. The Bertz CT molecular complexity index is 654. The second kappa shape index (κ2) is 7.53. The Labute approximate surface area is 142 Å². The fourth-order valence-corrected chi connectivity index (χ4v) is 3.72. The van der Waals surface area contributed by atoms with Gasteiger partial charge in [0, 0.05) is 36.7 Å². The first-order valence-electron chi connectivity index (χ1n) is 7.76. The normalized spacial score (nSPS) is 17.8. The average molecular weight is 360 g/mol. The Morgan fingerprint density at radius 3 is 2.61 bits per heavy atom. The number of carbonyl (C=O) groups is 1. The summed E-state index contributed by atoms with van der Waals surface area (Å²) in [5.74, 6) is 0.381. The van der Waals surface area contributed by atoms with Gasteiger partial charge in [-0.1, -0.05) is 24.6 Å². The third-order valence-electron chi connectivity index (χ3n) is 4.14. The number of hydrogen-bond acceptors (Lipinski definition) is 4. The minimum Gasteiger partial charge on any atom is -0.490 e. The summed E-state index contributed by atoms with van der Waals surface area (Å²) in [5, 5.41) is -0.355. The SMILES string of the molecule is CCS(=O)(=O)[C@@H](C)C(=O)N1CCC(Oc2cccc(Cl)c2)CC1. The van der Waals surface area contributed by atoms with Crippen molar-refractivity contribution in [3.63, 3.8) is 0 Å². The van der Waals surface area contributed by atoms with E-state index in [4.69, 9.17) is 16.3 Å². The van der Waals surface area contributed by atoms with Gasteiger partial charge in [0.1, 0.15) is 17.1 Å². The first-order valence-corrected chi connectivity index (χ1v) is 9.85. The summed E-state index contributed by atoms with van der Waals surface area (Å²) in [6, 6.07) is 7.22. The molecule has 1 heterocycles. The van der Waals surface area contributed by atoms with Crippen molar-refractivity contribution in [3.05, 3.63) is 29.3 Å². The first-order chi connectivity index (χ1) is 10.8. The van der Waals surface area contributed by atoms with Crippen LogP contribution in [0, 0.1) is 0 Å². The molecular formula is C16H22ClNO4S. The van der Waals surface area contributed by atoms with Crippen LogP contribution in [0.3, 0.4) is 0 Å². The number of ether oxygens (including phenoxy) is 1. The van der Waals surface area contributed by atoms with Gasteiger partial charge in [-0.2, -0.15) is 0 Å². The van der Waals surface area contributed by atoms with Crippen LogP contribution in [0.15, 0.2) is 24.3 Å². The standard InChI is InChI=1S/C16H22ClNO4S/c1-3-23(20,21)12(2)16(19)18-9-7-14(8-10-18)22-15-6-4-5-13(17)11-15/h4-6,11-12,14H,3,7-10H2,1-2H3/t12-/m0/s1. The molecule has 0 unspecified atom stereocenters. The summed E-state index contributed by atoms with van der Waals surface area (Å²) in [5.41, 5.74) is 0. The summed E-state index contributed by atoms with van der Waals surface area (Å²) in [6.07, 6.45) is 1.37. The minimum absolute atomic E-state index is 0.00982. The van der Waals surface area contributed by atoms with Gasteiger partial charge < -0.3 is 9.64 Å². The highest BCUT2D eigenvalue weighted by molar-refractivity contribution is 7.92. The van der Waals surface area contributed by atoms with Gasteiger partial charge in [-0.15, -0.1) is 0 Å². The quantitative estimate of drug-likeness (QED) is 0.810. The lowest BCUT2D eigenvalue weighted by Crippen LogP contribution is -2.47. The second-order valence-electron chi connectivity index (χ2n) is 5.69. The van der Waals surface area contributed by atoms with E-state index in [1.54, 1.807) is 24.0 Å². The fourth-order valence-electron chi connectivity index (χ4n) is 2.59. The van der Waals surface area contributed by atoms with Crippen LogP contribution in [-0.2, 0) is 14.6 Å². The van der Waals surface area contributed by atoms with Gasteiger partial charge in [0.25, 0.3) is 0 Å². The molecule has 1 fully saturated rings. The molecule has 1 saturated heterocycles. The maximum Gasteiger partial charge on any atom is 0.240 e. The molecule has 1 aliphatic rings. The van der Waals surface area contributed by atoms with Crippen LogP contribution >= 0.6 is 11.6 Å². The summed E-state index contributed by atoms with van der Waals surface area (Å²) in [7, 11) is -3.35. The average Bonchev–Trinajstić information content (AvgIpc) is 2.54. The van der Waals surface area contributed by atoms with E-state index < -0.39 is 15.1 Å². The molecule has 0 N–H and O–H groups in total. The number of carbonyl (C=O) groups excluding carboxylic acids is 1. The summed E-state index contributed by atoms with van der Waals surface area (Å²) < 4.78 is 29.5. The number of nitrogens with zero attached hydrogens (tertiary/aromatic N) is 1. The Hall–Kier alpha value is -1.27. The molecule has 0 bridgehead atoms. The number of piperidine rings is 1. The predicted molar refractivity (Wildman–Crippen MR) is 90.6 cm³/mol. The van der Waals surface area contributed by atoms with Gasteiger partial charge in [0.05, 0.1) is 0 Å². The lowest BCUT2D eigenvalue weighted by Gasteiger charge is -2.33. The van der Waals surface area contributed by atoms with Crippen molar-refractivity contribution in [2.45, 2.75) is 38.0 Å². The molecule has 128 valence electrons. The van der Waals surface area contributed by atoms with E-state index in [1.807, 2.05) is 12.1 Å². The summed E-state index contributed by atoms with van der Waals surface area (Å²) in [6.45, 7) is 4.04. The number of likely N-dealkylation sites (tertiary alicyclic amines) is 1. The number of benzene rings is 1. The van der Waals surface area contributed by atoms with E-state index in [9.17, 15) is 13.2 Å². The molecule has 1 aliphatic heterocycles. The number of hydrogen-bond donors (Lipinski definition) is 0.